The fraction of sp³-hybridized carbons (Fsp3) is 0.333. The molecule has 1 aromatic heterocycles. The van der Waals surface area contributed by atoms with Gasteiger partial charge < -0.3 is 0 Å². The molecule has 0 atom stereocenters. The third-order valence-corrected chi connectivity index (χ3v) is 1.62. The van der Waals surface area contributed by atoms with Gasteiger partial charge in [-0.2, -0.15) is 0 Å². The molecule has 0 saturated carbocycles. The van der Waals surface area contributed by atoms with Crippen LogP contribution in [0.5, 0.6) is 0 Å². The van der Waals surface area contributed by atoms with Crippen LogP contribution in [0.15, 0.2) is 18.5 Å². The first kappa shape index (κ1) is 7.92. The molecule has 0 aromatic carbocycles. The second kappa shape index (κ2) is 3.28. The van der Waals surface area contributed by atoms with Crippen LogP contribution in [0.2, 0.25) is 0 Å². The Balaban J connectivity index is 2.99. The van der Waals surface area contributed by atoms with Crippen molar-refractivity contribution in [2.75, 3.05) is 0 Å². The lowest BCUT2D eigenvalue weighted by Gasteiger charge is -1.97. The third kappa shape index (κ3) is 1.87. The number of hydrogen-bond donors (Lipinski definition) is 0. The highest BCUT2D eigenvalue weighted by atomic mass is 14.8. The Hall–Kier alpha value is -1.18. The minimum atomic E-state index is 0.956. The Morgan fingerprint density at radius 2 is 2.09 bits per heavy atom. The summed E-state index contributed by atoms with van der Waals surface area (Å²) in [5.74, 6) is 0. The van der Waals surface area contributed by atoms with E-state index < -0.39 is 0 Å². The van der Waals surface area contributed by atoms with Crippen LogP contribution < -0.4 is 0 Å². The molecule has 1 aromatic rings. The van der Waals surface area contributed by atoms with Crippen molar-refractivity contribution < 1.29 is 0 Å². The molecule has 0 radical (unpaired) electrons. The van der Waals surface area contributed by atoms with Crippen molar-refractivity contribution in [1.82, 2.24) is 9.97 Å². The average molecular weight is 148 g/mol. The van der Waals surface area contributed by atoms with Crippen LogP contribution in [-0.2, 0) is 0 Å². The van der Waals surface area contributed by atoms with Gasteiger partial charge in [0.05, 0.1) is 17.6 Å². The van der Waals surface area contributed by atoms with Crippen molar-refractivity contribution in [2.24, 2.45) is 0 Å². The molecule has 11 heavy (non-hydrogen) atoms. The van der Waals surface area contributed by atoms with Gasteiger partial charge in [0.15, 0.2) is 0 Å². The number of allylic oxidation sites excluding steroid dienone is 2. The van der Waals surface area contributed by atoms with Gasteiger partial charge >= 0.3 is 0 Å². The molecule has 0 spiro atoms. The van der Waals surface area contributed by atoms with Crippen LogP contribution >= 0.6 is 0 Å². The summed E-state index contributed by atoms with van der Waals surface area (Å²) < 4.78 is 0. The summed E-state index contributed by atoms with van der Waals surface area (Å²) in [7, 11) is 0. The first-order valence-electron chi connectivity index (χ1n) is 3.66. The molecule has 0 N–H and O–H groups in total. The van der Waals surface area contributed by atoms with E-state index in [0.29, 0.717) is 0 Å². The SMILES string of the molecule is C/C=C(\C)c1cnc(C)cn1. The summed E-state index contributed by atoms with van der Waals surface area (Å²) in [5, 5.41) is 0. The van der Waals surface area contributed by atoms with E-state index in [-0.39, 0.29) is 0 Å². The second-order valence-electron chi connectivity index (χ2n) is 2.51. The largest absolute Gasteiger partial charge is 0.258 e. The molecule has 0 aliphatic heterocycles. The zero-order chi connectivity index (χ0) is 8.27. The van der Waals surface area contributed by atoms with Crippen molar-refractivity contribution in [2.45, 2.75) is 20.8 Å². The van der Waals surface area contributed by atoms with Crippen molar-refractivity contribution in [3.8, 4) is 0 Å². The minimum absolute atomic E-state index is 0.956. The number of rotatable bonds is 1. The molecule has 0 aliphatic carbocycles. The molecule has 0 saturated heterocycles. The normalized spacial score (nSPS) is 11.7. The Morgan fingerprint density at radius 1 is 1.36 bits per heavy atom. The van der Waals surface area contributed by atoms with E-state index in [0.717, 1.165) is 17.0 Å². The van der Waals surface area contributed by atoms with Gasteiger partial charge in [0, 0.05) is 6.20 Å². The van der Waals surface area contributed by atoms with Crippen LogP contribution in [0.3, 0.4) is 0 Å². The van der Waals surface area contributed by atoms with E-state index in [1.54, 1.807) is 12.4 Å². The lowest BCUT2D eigenvalue weighted by atomic mass is 10.2. The molecule has 0 fully saturated rings. The molecule has 2 nitrogen and oxygen atoms in total. The van der Waals surface area contributed by atoms with E-state index in [4.69, 9.17) is 0 Å². The van der Waals surface area contributed by atoms with Gasteiger partial charge in [0.2, 0.25) is 0 Å². The molecule has 1 rings (SSSR count). The summed E-state index contributed by atoms with van der Waals surface area (Å²) in [6.07, 6.45) is 5.60. The van der Waals surface area contributed by atoms with Gasteiger partial charge in [-0.1, -0.05) is 6.08 Å². The van der Waals surface area contributed by atoms with E-state index >= 15 is 0 Å². The van der Waals surface area contributed by atoms with Crippen LogP contribution in [-0.4, -0.2) is 9.97 Å². The third-order valence-electron chi connectivity index (χ3n) is 1.62. The zero-order valence-electron chi connectivity index (χ0n) is 7.13. The lowest BCUT2D eigenvalue weighted by Crippen LogP contribution is -1.89. The highest BCUT2D eigenvalue weighted by molar-refractivity contribution is 5.58. The molecule has 1 heterocycles. The molecule has 58 valence electrons. The van der Waals surface area contributed by atoms with Gasteiger partial charge in [-0.25, -0.2) is 0 Å². The summed E-state index contributed by atoms with van der Waals surface area (Å²) >= 11 is 0. The average Bonchev–Trinajstić information content (AvgIpc) is 2.05. The zero-order valence-corrected chi connectivity index (χ0v) is 7.13. The molecule has 0 bridgehead atoms. The summed E-state index contributed by atoms with van der Waals surface area (Å²) in [6, 6.07) is 0. The maximum atomic E-state index is 4.22. The second-order valence-corrected chi connectivity index (χ2v) is 2.51. The number of aromatic nitrogens is 2. The molecular weight excluding hydrogens is 136 g/mol. The molecule has 0 amide bonds. The van der Waals surface area contributed by atoms with Crippen molar-refractivity contribution >= 4 is 5.57 Å². The highest BCUT2D eigenvalue weighted by Gasteiger charge is 1.94. The van der Waals surface area contributed by atoms with Gasteiger partial charge in [0.25, 0.3) is 0 Å². The van der Waals surface area contributed by atoms with Gasteiger partial charge in [-0.05, 0) is 26.3 Å². The maximum Gasteiger partial charge on any atom is 0.0838 e. The fourth-order valence-electron chi connectivity index (χ4n) is 0.744. The Morgan fingerprint density at radius 3 is 2.55 bits per heavy atom. The van der Waals surface area contributed by atoms with Crippen LogP contribution in [0.1, 0.15) is 25.2 Å². The van der Waals surface area contributed by atoms with E-state index in [2.05, 4.69) is 9.97 Å². The molecule has 0 aliphatic rings. The van der Waals surface area contributed by atoms with Gasteiger partial charge in [-0.3, -0.25) is 9.97 Å². The van der Waals surface area contributed by atoms with Crippen molar-refractivity contribution in [3.05, 3.63) is 29.9 Å². The smallest absolute Gasteiger partial charge is 0.0838 e. The first-order chi connectivity index (χ1) is 5.24. The predicted octanol–water partition coefficient (Wildman–Crippen LogP) is 2.21. The lowest BCUT2D eigenvalue weighted by molar-refractivity contribution is 1.09. The number of aryl methyl sites for hydroxylation is 1. The molecule has 2 heteroatoms. The number of nitrogens with zero attached hydrogens (tertiary/aromatic N) is 2. The Kier molecular flexibility index (Phi) is 2.36. The minimum Gasteiger partial charge on any atom is -0.258 e. The molecular formula is C9H12N2. The van der Waals surface area contributed by atoms with Gasteiger partial charge in [0.1, 0.15) is 0 Å². The highest BCUT2D eigenvalue weighted by Crippen LogP contribution is 2.07. The van der Waals surface area contributed by atoms with Crippen LogP contribution in [0, 0.1) is 6.92 Å². The summed E-state index contributed by atoms with van der Waals surface area (Å²) in [5.41, 5.74) is 3.08. The van der Waals surface area contributed by atoms with E-state index in [9.17, 15) is 0 Å². The Bertz CT molecular complexity index is 259. The quantitative estimate of drug-likeness (QED) is 0.610. The summed E-state index contributed by atoms with van der Waals surface area (Å²) in [6.45, 7) is 5.96. The fourth-order valence-corrected chi connectivity index (χ4v) is 0.744. The van der Waals surface area contributed by atoms with Crippen LogP contribution in [0.25, 0.3) is 5.57 Å². The molecule has 0 unspecified atom stereocenters. The van der Waals surface area contributed by atoms with Gasteiger partial charge in [-0.15, -0.1) is 0 Å². The van der Waals surface area contributed by atoms with Crippen LogP contribution in [0.4, 0.5) is 0 Å². The standard InChI is InChI=1S/C9H12N2/c1-4-7(2)9-6-10-8(3)5-11-9/h4-6H,1-3H3/b7-4+. The Labute approximate surface area is 67.0 Å². The summed E-state index contributed by atoms with van der Waals surface area (Å²) in [4.78, 5) is 8.36. The van der Waals surface area contributed by atoms with Crippen molar-refractivity contribution in [1.29, 1.82) is 0 Å². The topological polar surface area (TPSA) is 25.8 Å². The van der Waals surface area contributed by atoms with Crippen molar-refractivity contribution in [3.63, 3.8) is 0 Å². The first-order valence-corrected chi connectivity index (χ1v) is 3.66. The van der Waals surface area contributed by atoms with E-state index in [1.807, 2.05) is 26.8 Å². The monoisotopic (exact) mass is 148 g/mol. The maximum absolute atomic E-state index is 4.22. The number of hydrogen-bond acceptors (Lipinski definition) is 2. The predicted molar refractivity (Wildman–Crippen MR) is 46.1 cm³/mol. The van der Waals surface area contributed by atoms with E-state index in [1.165, 1.54) is 0 Å².